The number of aromatic nitrogens is 3. The Morgan fingerprint density at radius 2 is 2.26 bits per heavy atom. The topological polar surface area (TPSA) is 83.1 Å². The maximum atomic E-state index is 13.0. The zero-order chi connectivity index (χ0) is 28.2. The first-order chi connectivity index (χ1) is 16.7. The number of hydrogen-bond donors (Lipinski definition) is 1. The van der Waals surface area contributed by atoms with Crippen molar-refractivity contribution in [2.75, 3.05) is 14.1 Å². The molecule has 3 rings (SSSR count). The van der Waals surface area contributed by atoms with Crippen LogP contribution in [-0.2, 0) is 16.9 Å². The molecule has 0 aliphatic heterocycles. The van der Waals surface area contributed by atoms with E-state index in [9.17, 15) is 4.55 Å². The number of methoxy groups -OCH3 is 2. The Morgan fingerprint density at radius 3 is 3.09 bits per heavy atom. The Labute approximate surface area is 156 Å². The molecule has 0 aliphatic carbocycles. The number of fused-ring (bicyclic) bond motifs is 1. The van der Waals surface area contributed by atoms with Gasteiger partial charge in [-0.1, -0.05) is 0 Å². The summed E-state index contributed by atoms with van der Waals surface area (Å²) in [6.07, 6.45) is -0.918. The van der Waals surface area contributed by atoms with Gasteiger partial charge in [0, 0.05) is 39.1 Å². The van der Waals surface area contributed by atoms with Gasteiger partial charge in [0.05, 0.1) is 45.9 Å². The van der Waals surface area contributed by atoms with Crippen molar-refractivity contribution < 1.29 is 33.2 Å². The minimum absolute atomic E-state index is 0.256. The third kappa shape index (κ3) is 3.25. The Hall–Kier alpha value is -2.25. The van der Waals surface area contributed by atoms with Crippen LogP contribution in [0.2, 0.25) is 0 Å². The summed E-state index contributed by atoms with van der Waals surface area (Å²) in [4.78, 5) is 10.1. The fourth-order valence-corrected chi connectivity index (χ4v) is 2.62. The molecule has 2 heterocycles. The van der Waals surface area contributed by atoms with Gasteiger partial charge in [0.25, 0.3) is 0 Å². The highest BCUT2D eigenvalue weighted by molar-refractivity contribution is 7.90. The standard InChI is InChI=1S/C16H17N3O3S/c1-10-8-17-11(6-15(10)22-3)9-23(20)16-18-13-5-4-12(21-2)7-14(13)19-16/h4-8H,9H2,1-3H3,(H,18,19)/i1D3,2D3,3D3,4D,5D,6D,7D,8D. The van der Waals surface area contributed by atoms with Crippen molar-refractivity contribution in [3.63, 3.8) is 0 Å². The van der Waals surface area contributed by atoms with E-state index in [1.165, 1.54) is 0 Å². The number of imidazole rings is 1. The number of benzene rings is 1. The van der Waals surface area contributed by atoms with Crippen LogP contribution in [0.25, 0.3) is 11.0 Å². The van der Waals surface area contributed by atoms with Crippen LogP contribution in [-0.4, -0.2) is 33.6 Å². The molecule has 0 saturated carbocycles. The van der Waals surface area contributed by atoms with Gasteiger partial charge in [-0.25, -0.2) is 0 Å². The average molecular weight is 345 g/mol. The van der Waals surface area contributed by atoms with Crippen molar-refractivity contribution in [2.24, 2.45) is 0 Å². The van der Waals surface area contributed by atoms with Crippen molar-refractivity contribution >= 4 is 22.2 Å². The number of hydrogen-bond acceptors (Lipinski definition) is 5. The molecule has 0 bridgehead atoms. The Balaban J connectivity index is 2.08. The van der Waals surface area contributed by atoms with Gasteiger partial charge >= 0.3 is 5.16 Å². The largest absolute Gasteiger partial charge is 0.609 e. The molecule has 3 aromatic rings. The summed E-state index contributed by atoms with van der Waals surface area (Å²) in [6.45, 7) is -3.05. The van der Waals surface area contributed by atoms with Crippen molar-refractivity contribution in [3.05, 3.63) is 41.6 Å². The van der Waals surface area contributed by atoms with Crippen LogP contribution < -0.4 is 9.47 Å². The van der Waals surface area contributed by atoms with Crippen LogP contribution >= 0.6 is 0 Å². The van der Waals surface area contributed by atoms with Crippen LogP contribution in [0.15, 0.2) is 35.5 Å². The zero-order valence-electron chi connectivity index (χ0n) is 25.2. The summed E-state index contributed by atoms with van der Waals surface area (Å²) in [5.74, 6) is -2.35. The minimum atomic E-state index is -3.17. The van der Waals surface area contributed by atoms with Gasteiger partial charge in [-0.3, -0.25) is 9.97 Å². The fraction of sp³-hybridized carbons (Fsp3) is 0.250. The van der Waals surface area contributed by atoms with E-state index in [1.54, 1.807) is 0 Å². The number of ether oxygens (including phenoxy) is 2. The molecule has 0 spiro atoms. The minimum Gasteiger partial charge on any atom is -0.609 e. The number of aromatic amines is 1. The number of nitrogens with zero attached hydrogens (tertiary/aromatic N) is 2. The third-order valence-corrected chi connectivity index (χ3v) is 3.85. The van der Waals surface area contributed by atoms with E-state index in [2.05, 4.69) is 24.4 Å². The highest BCUT2D eigenvalue weighted by Gasteiger charge is 2.19. The normalized spacial score (nSPS) is 22.8. The lowest BCUT2D eigenvalue weighted by Crippen LogP contribution is -2.08. The lowest BCUT2D eigenvalue weighted by Gasteiger charge is -2.09. The van der Waals surface area contributed by atoms with Crippen LogP contribution in [0, 0.1) is 6.85 Å². The number of pyridine rings is 1. The van der Waals surface area contributed by atoms with Gasteiger partial charge in [-0.05, 0) is 18.9 Å². The van der Waals surface area contributed by atoms with E-state index >= 15 is 0 Å². The van der Waals surface area contributed by atoms with E-state index in [1.807, 2.05) is 0 Å². The van der Waals surface area contributed by atoms with E-state index in [4.69, 9.17) is 19.2 Å². The van der Waals surface area contributed by atoms with Gasteiger partial charge in [0.2, 0.25) is 0 Å². The van der Waals surface area contributed by atoms with Crippen molar-refractivity contribution in [1.82, 2.24) is 15.0 Å². The molecule has 0 aliphatic rings. The van der Waals surface area contributed by atoms with Gasteiger partial charge in [0.1, 0.15) is 11.5 Å². The first kappa shape index (κ1) is 5.99. The Morgan fingerprint density at radius 1 is 1.35 bits per heavy atom. The number of H-pyrrole nitrogens is 1. The predicted molar refractivity (Wildman–Crippen MR) is 88.3 cm³/mol. The summed E-state index contributed by atoms with van der Waals surface area (Å²) in [5, 5.41) is -0.381. The maximum absolute atomic E-state index is 13.0. The molecule has 1 aromatic carbocycles. The van der Waals surface area contributed by atoms with Gasteiger partial charge in [-0.2, -0.15) is 4.98 Å². The highest BCUT2D eigenvalue weighted by atomic mass is 32.2. The quantitative estimate of drug-likeness (QED) is 0.719. The van der Waals surface area contributed by atoms with E-state index in [0.29, 0.717) is 0 Å². The van der Waals surface area contributed by atoms with Crippen LogP contribution in [0.3, 0.4) is 0 Å². The van der Waals surface area contributed by atoms with Crippen LogP contribution in [0.4, 0.5) is 0 Å². The van der Waals surface area contributed by atoms with Gasteiger partial charge in [-0.15, -0.1) is 0 Å². The van der Waals surface area contributed by atoms with Crippen LogP contribution in [0.5, 0.6) is 11.5 Å². The Bertz CT molecular complexity index is 1350. The SMILES string of the molecule is [2H]c1nc(C[S+]([O-])c2nc3c([2H])c([2H])c(OC([2H])([2H])[2H])c([2H])c3[nH]2)c([2H])c(OC([2H])([2H])[2H])c1C([2H])([2H])[2H]. The molecular weight excluding hydrogens is 314 g/mol. The van der Waals surface area contributed by atoms with E-state index < -0.39 is 91.0 Å². The molecule has 6 nitrogen and oxygen atoms in total. The summed E-state index contributed by atoms with van der Waals surface area (Å²) < 4.78 is 129. The lowest BCUT2D eigenvalue weighted by molar-refractivity contribution is 0.410. The molecule has 120 valence electrons. The first-order valence-electron chi connectivity index (χ1n) is 13.0. The predicted octanol–water partition coefficient (Wildman–Crippen LogP) is 2.59. The second-order valence-corrected chi connectivity index (χ2v) is 5.53. The van der Waals surface area contributed by atoms with Gasteiger partial charge < -0.3 is 14.0 Å². The number of nitrogens with one attached hydrogen (secondary N) is 1. The highest BCUT2D eigenvalue weighted by Crippen LogP contribution is 2.23. The molecule has 0 amide bonds. The molecule has 0 fully saturated rings. The number of rotatable bonds is 5. The molecule has 2 aromatic heterocycles. The van der Waals surface area contributed by atoms with Crippen LogP contribution in [0.1, 0.15) is 30.4 Å². The van der Waals surface area contributed by atoms with E-state index in [-0.39, 0.29) is 16.2 Å². The van der Waals surface area contributed by atoms with Crippen molar-refractivity contribution in [3.8, 4) is 11.5 Å². The molecule has 23 heavy (non-hydrogen) atoms. The fourth-order valence-electron chi connectivity index (χ4n) is 1.69. The van der Waals surface area contributed by atoms with Crippen molar-refractivity contribution in [2.45, 2.75) is 17.8 Å². The summed E-state index contributed by atoms with van der Waals surface area (Å²) in [6, 6.07) is -2.82. The molecule has 7 heteroatoms. The average Bonchev–Trinajstić information content (AvgIpc) is 3.16. The second kappa shape index (κ2) is 6.47. The summed E-state index contributed by atoms with van der Waals surface area (Å²) in [7, 11) is -6.19. The molecule has 0 saturated heterocycles. The summed E-state index contributed by atoms with van der Waals surface area (Å²) in [5.41, 5.74) is -1.91. The summed E-state index contributed by atoms with van der Waals surface area (Å²) >= 11 is -2.24. The van der Waals surface area contributed by atoms with E-state index in [0.717, 1.165) is 0 Å². The smallest absolute Gasteiger partial charge is 0.322 e. The Kier molecular flexibility index (Phi) is 1.69. The molecule has 1 unspecified atom stereocenters. The van der Waals surface area contributed by atoms with Gasteiger partial charge in [0.15, 0.2) is 5.75 Å². The third-order valence-electron chi connectivity index (χ3n) is 2.69. The zero-order valence-corrected chi connectivity index (χ0v) is 12.1. The lowest BCUT2D eigenvalue weighted by atomic mass is 10.2. The first-order valence-corrected chi connectivity index (χ1v) is 7.29. The van der Waals surface area contributed by atoms with Crippen molar-refractivity contribution in [1.29, 1.82) is 0 Å². The second-order valence-electron chi connectivity index (χ2n) is 4.16. The molecule has 0 radical (unpaired) electrons. The molecular formula is C16H17N3O3S. The maximum Gasteiger partial charge on any atom is 0.322 e. The monoisotopic (exact) mass is 345 g/mol. The molecule has 1 N–H and O–H groups in total. The molecule has 1 atom stereocenters.